The van der Waals surface area contributed by atoms with Crippen LogP contribution in [0.25, 0.3) is 0 Å². The molecule has 0 aromatic heterocycles. The van der Waals surface area contributed by atoms with Gasteiger partial charge in [-0.25, -0.2) is 9.79 Å². The van der Waals surface area contributed by atoms with E-state index < -0.39 is 0 Å². The summed E-state index contributed by atoms with van der Waals surface area (Å²) in [6, 6.07) is 8.54. The number of rotatable bonds is 5. The van der Waals surface area contributed by atoms with E-state index in [4.69, 9.17) is 10.5 Å². The Hall–Kier alpha value is -1.51. The summed E-state index contributed by atoms with van der Waals surface area (Å²) in [5, 5.41) is 3.27. The van der Waals surface area contributed by atoms with E-state index in [1.54, 1.807) is 4.90 Å². The van der Waals surface area contributed by atoms with E-state index in [-0.39, 0.29) is 36.1 Å². The SMILES string of the molecule is CCOC(=O)N1CCC(NC(N)=NCc2ccccc2CC)CC1.I. The maximum atomic E-state index is 11.7. The summed E-state index contributed by atoms with van der Waals surface area (Å²) in [5.41, 5.74) is 8.53. The number of hydrogen-bond acceptors (Lipinski definition) is 3. The fourth-order valence-electron chi connectivity index (χ4n) is 2.90. The van der Waals surface area contributed by atoms with E-state index in [1.807, 2.05) is 19.1 Å². The minimum atomic E-state index is -0.228. The largest absolute Gasteiger partial charge is 0.450 e. The number of carbonyl (C=O) groups is 1. The van der Waals surface area contributed by atoms with E-state index in [0.29, 0.717) is 32.2 Å². The van der Waals surface area contributed by atoms with Gasteiger partial charge >= 0.3 is 6.09 Å². The average Bonchev–Trinajstić information content (AvgIpc) is 2.61. The molecule has 2 rings (SSSR count). The molecule has 1 heterocycles. The van der Waals surface area contributed by atoms with Crippen molar-refractivity contribution in [1.29, 1.82) is 0 Å². The molecule has 1 aromatic carbocycles. The van der Waals surface area contributed by atoms with Crippen LogP contribution in [0.15, 0.2) is 29.3 Å². The maximum absolute atomic E-state index is 11.7. The van der Waals surface area contributed by atoms with Gasteiger partial charge in [0, 0.05) is 19.1 Å². The molecule has 0 unspecified atom stereocenters. The molecule has 1 aliphatic rings. The first-order chi connectivity index (χ1) is 11.6. The fraction of sp³-hybridized carbons (Fsp3) is 0.556. The monoisotopic (exact) mass is 460 g/mol. The summed E-state index contributed by atoms with van der Waals surface area (Å²) in [6.45, 7) is 6.33. The molecule has 7 heteroatoms. The maximum Gasteiger partial charge on any atom is 0.409 e. The van der Waals surface area contributed by atoms with Gasteiger partial charge in [-0.15, -0.1) is 24.0 Å². The van der Waals surface area contributed by atoms with E-state index in [2.05, 4.69) is 29.4 Å². The lowest BCUT2D eigenvalue weighted by Crippen LogP contribution is -2.48. The molecule has 25 heavy (non-hydrogen) atoms. The van der Waals surface area contributed by atoms with Crippen molar-refractivity contribution in [1.82, 2.24) is 10.2 Å². The number of ether oxygens (including phenoxy) is 1. The van der Waals surface area contributed by atoms with Crippen LogP contribution in [0.3, 0.4) is 0 Å². The van der Waals surface area contributed by atoms with Crippen LogP contribution in [0.1, 0.15) is 37.8 Å². The number of carbonyl (C=O) groups excluding carboxylic acids is 1. The van der Waals surface area contributed by atoms with Gasteiger partial charge in [-0.2, -0.15) is 0 Å². The summed E-state index contributed by atoms with van der Waals surface area (Å²) >= 11 is 0. The van der Waals surface area contributed by atoms with Gasteiger partial charge < -0.3 is 20.7 Å². The second-order valence-electron chi connectivity index (χ2n) is 5.93. The van der Waals surface area contributed by atoms with Gasteiger partial charge in [0.25, 0.3) is 0 Å². The van der Waals surface area contributed by atoms with E-state index in [0.717, 1.165) is 19.3 Å². The van der Waals surface area contributed by atoms with Crippen molar-refractivity contribution in [2.24, 2.45) is 10.7 Å². The Morgan fingerprint density at radius 3 is 2.52 bits per heavy atom. The van der Waals surface area contributed by atoms with Crippen LogP contribution in [0, 0.1) is 0 Å². The standard InChI is InChI=1S/C18H28N4O2.HI/c1-3-14-7-5-6-8-15(14)13-20-17(19)21-16-9-11-22(12-10-16)18(23)24-4-2;/h5-8,16H,3-4,9-13H2,1-2H3,(H3,19,20,21);1H. The highest BCUT2D eigenvalue weighted by Gasteiger charge is 2.23. The van der Waals surface area contributed by atoms with Crippen molar-refractivity contribution in [2.75, 3.05) is 19.7 Å². The molecule has 0 radical (unpaired) electrons. The van der Waals surface area contributed by atoms with Crippen molar-refractivity contribution < 1.29 is 9.53 Å². The number of likely N-dealkylation sites (tertiary alicyclic amines) is 1. The summed E-state index contributed by atoms with van der Waals surface area (Å²) in [4.78, 5) is 17.9. The number of nitrogens with two attached hydrogens (primary N) is 1. The van der Waals surface area contributed by atoms with Crippen molar-refractivity contribution in [2.45, 2.75) is 45.7 Å². The third kappa shape index (κ3) is 6.72. The smallest absolute Gasteiger partial charge is 0.409 e. The molecule has 0 aliphatic carbocycles. The van der Waals surface area contributed by atoms with Gasteiger partial charge in [0.15, 0.2) is 5.96 Å². The molecule has 0 saturated carbocycles. The van der Waals surface area contributed by atoms with Crippen LogP contribution in [-0.2, 0) is 17.7 Å². The van der Waals surface area contributed by atoms with Crippen LogP contribution in [0.2, 0.25) is 0 Å². The number of aryl methyl sites for hydroxylation is 1. The number of piperidine rings is 1. The van der Waals surface area contributed by atoms with Crippen molar-refractivity contribution in [3.8, 4) is 0 Å². The van der Waals surface area contributed by atoms with Crippen LogP contribution in [-0.4, -0.2) is 42.7 Å². The third-order valence-corrected chi connectivity index (χ3v) is 4.29. The Morgan fingerprint density at radius 2 is 1.92 bits per heavy atom. The Kier molecular flexibility index (Phi) is 9.62. The van der Waals surface area contributed by atoms with Crippen molar-refractivity contribution in [3.05, 3.63) is 35.4 Å². The zero-order chi connectivity index (χ0) is 17.4. The highest BCUT2D eigenvalue weighted by molar-refractivity contribution is 14.0. The molecule has 1 fully saturated rings. The molecule has 1 amide bonds. The molecule has 0 atom stereocenters. The Balaban J connectivity index is 0.00000312. The molecule has 0 spiro atoms. The number of aliphatic imine (C=N–C) groups is 1. The first-order valence-electron chi connectivity index (χ1n) is 8.69. The van der Waals surface area contributed by atoms with Gasteiger partial charge in [0.2, 0.25) is 0 Å². The minimum absolute atomic E-state index is 0. The third-order valence-electron chi connectivity index (χ3n) is 4.29. The van der Waals surface area contributed by atoms with Gasteiger partial charge in [-0.1, -0.05) is 31.2 Å². The highest BCUT2D eigenvalue weighted by Crippen LogP contribution is 2.12. The lowest BCUT2D eigenvalue weighted by molar-refractivity contribution is 0.0963. The number of amides is 1. The second-order valence-corrected chi connectivity index (χ2v) is 5.93. The molecule has 1 aliphatic heterocycles. The quantitative estimate of drug-likeness (QED) is 0.403. The molecular weight excluding hydrogens is 431 g/mol. The van der Waals surface area contributed by atoms with Crippen LogP contribution in [0.4, 0.5) is 4.79 Å². The van der Waals surface area contributed by atoms with Gasteiger partial charge in [0.05, 0.1) is 13.2 Å². The first kappa shape index (κ1) is 21.5. The zero-order valence-corrected chi connectivity index (χ0v) is 17.4. The highest BCUT2D eigenvalue weighted by atomic mass is 127. The molecule has 6 nitrogen and oxygen atoms in total. The minimum Gasteiger partial charge on any atom is -0.450 e. The Labute approximate surface area is 167 Å². The lowest BCUT2D eigenvalue weighted by atomic mass is 10.1. The lowest BCUT2D eigenvalue weighted by Gasteiger charge is -2.31. The summed E-state index contributed by atoms with van der Waals surface area (Å²) in [6.07, 6.45) is 2.46. The van der Waals surface area contributed by atoms with Gasteiger partial charge in [0.1, 0.15) is 0 Å². The number of guanidine groups is 1. The number of benzene rings is 1. The van der Waals surface area contributed by atoms with Gasteiger partial charge in [-0.3, -0.25) is 0 Å². The predicted molar refractivity (Wildman–Crippen MR) is 111 cm³/mol. The molecule has 0 bridgehead atoms. The number of nitrogens with one attached hydrogen (secondary N) is 1. The number of hydrogen-bond donors (Lipinski definition) is 2. The number of halogens is 1. The Morgan fingerprint density at radius 1 is 1.28 bits per heavy atom. The average molecular weight is 460 g/mol. The molecule has 3 N–H and O–H groups in total. The summed E-state index contributed by atoms with van der Waals surface area (Å²) in [5.74, 6) is 0.468. The normalized spacial score (nSPS) is 15.4. The van der Waals surface area contributed by atoms with E-state index >= 15 is 0 Å². The van der Waals surface area contributed by atoms with Crippen LogP contribution < -0.4 is 11.1 Å². The fourth-order valence-corrected chi connectivity index (χ4v) is 2.90. The van der Waals surface area contributed by atoms with Gasteiger partial charge in [-0.05, 0) is 37.3 Å². The zero-order valence-electron chi connectivity index (χ0n) is 15.0. The molecule has 1 saturated heterocycles. The molecule has 1 aromatic rings. The number of nitrogens with zero attached hydrogens (tertiary/aromatic N) is 2. The predicted octanol–water partition coefficient (Wildman–Crippen LogP) is 2.89. The summed E-state index contributed by atoms with van der Waals surface area (Å²) < 4.78 is 5.03. The first-order valence-corrected chi connectivity index (χ1v) is 8.69. The van der Waals surface area contributed by atoms with E-state index in [9.17, 15) is 4.79 Å². The van der Waals surface area contributed by atoms with Crippen molar-refractivity contribution >= 4 is 36.0 Å². The van der Waals surface area contributed by atoms with E-state index in [1.165, 1.54) is 11.1 Å². The topological polar surface area (TPSA) is 80.0 Å². The second kappa shape index (κ2) is 11.2. The summed E-state index contributed by atoms with van der Waals surface area (Å²) in [7, 11) is 0. The van der Waals surface area contributed by atoms with Crippen LogP contribution in [0.5, 0.6) is 0 Å². The molecular formula is C18H29IN4O2. The van der Waals surface area contributed by atoms with Crippen molar-refractivity contribution in [3.63, 3.8) is 0 Å². The molecule has 140 valence electrons. The Bertz CT molecular complexity index is 572. The van der Waals surface area contributed by atoms with Crippen LogP contribution >= 0.6 is 24.0 Å².